The second-order valence-corrected chi connectivity index (χ2v) is 7.14. The highest BCUT2D eigenvalue weighted by Crippen LogP contribution is 2.26. The predicted octanol–water partition coefficient (Wildman–Crippen LogP) is 2.74. The van der Waals surface area contributed by atoms with Gasteiger partial charge in [0.15, 0.2) is 0 Å². The van der Waals surface area contributed by atoms with Gasteiger partial charge in [-0.25, -0.2) is 4.98 Å². The molecule has 0 bridgehead atoms. The zero-order valence-corrected chi connectivity index (χ0v) is 18.3. The highest BCUT2D eigenvalue weighted by Gasteiger charge is 2.16. The number of nitrogens with zero attached hydrogens (tertiary/aromatic N) is 6. The van der Waals surface area contributed by atoms with E-state index in [1.54, 1.807) is 42.7 Å². The fourth-order valence-corrected chi connectivity index (χ4v) is 3.31. The van der Waals surface area contributed by atoms with Crippen LogP contribution in [-0.2, 0) is 6.42 Å². The fraction of sp³-hybridized carbons (Fsp3) is 0.100. The molecule has 0 unspecified atom stereocenters. The molecule has 12 heteroatoms. The Balaban J connectivity index is 0.000000222. The minimum absolute atomic E-state index is 0.0116. The van der Waals surface area contributed by atoms with Crippen molar-refractivity contribution in [3.8, 4) is 11.8 Å². The normalized spacial score (nSPS) is 10.3. The molecule has 0 aliphatic heterocycles. The zero-order valence-electron chi connectivity index (χ0n) is 16.8. The van der Waals surface area contributed by atoms with E-state index in [9.17, 15) is 4.79 Å². The Morgan fingerprint density at radius 1 is 1.06 bits per heavy atom. The van der Waals surface area contributed by atoms with Crippen LogP contribution in [0.2, 0.25) is 10.0 Å². The Morgan fingerprint density at radius 3 is 2.28 bits per heavy atom. The third-order valence-electron chi connectivity index (χ3n) is 4.31. The molecule has 32 heavy (non-hydrogen) atoms. The summed E-state index contributed by atoms with van der Waals surface area (Å²) in [5.74, 6) is 0.610. The number of nitrogen functional groups attached to an aromatic ring is 3. The lowest BCUT2D eigenvalue weighted by Gasteiger charge is -2.13. The quantitative estimate of drug-likeness (QED) is 0.398. The third kappa shape index (κ3) is 4.39. The molecule has 1 aromatic carbocycles. The van der Waals surface area contributed by atoms with E-state index < -0.39 is 0 Å². The SMILES string of the molecule is CCc1nc2c(Cl)ccc(Cl)c2c(=O)n1-c1cccnc1.N#Cc1c(N)nc(N)nc1N. The maximum Gasteiger partial charge on any atom is 0.267 e. The summed E-state index contributed by atoms with van der Waals surface area (Å²) >= 11 is 12.3. The van der Waals surface area contributed by atoms with Gasteiger partial charge in [-0.15, -0.1) is 0 Å². The lowest BCUT2D eigenvalue weighted by Crippen LogP contribution is -2.24. The molecule has 0 spiro atoms. The molecule has 0 saturated carbocycles. The number of hydrogen-bond acceptors (Lipinski definition) is 9. The smallest absolute Gasteiger partial charge is 0.267 e. The number of nitriles is 1. The highest BCUT2D eigenvalue weighted by atomic mass is 35.5. The molecule has 0 saturated heterocycles. The standard InChI is InChI=1S/C15H11Cl2N3O.C5H6N6/c1-2-12-19-14-11(17)6-5-10(16)13(14)15(21)20(12)9-4-3-7-18-8-9;6-1-2-3(7)10-5(9)11-4(2)8/h3-8H,2H2,1H3;(H6,7,8,9,10,11). The molecule has 0 amide bonds. The maximum absolute atomic E-state index is 12.8. The van der Waals surface area contributed by atoms with Gasteiger partial charge in [0.1, 0.15) is 29.1 Å². The van der Waals surface area contributed by atoms with Gasteiger partial charge < -0.3 is 17.2 Å². The molecule has 3 aromatic heterocycles. The minimum Gasteiger partial charge on any atom is -0.382 e. The summed E-state index contributed by atoms with van der Waals surface area (Å²) < 4.78 is 1.53. The van der Waals surface area contributed by atoms with Crippen LogP contribution in [0, 0.1) is 11.3 Å². The summed E-state index contributed by atoms with van der Waals surface area (Å²) in [7, 11) is 0. The fourth-order valence-electron chi connectivity index (χ4n) is 2.88. The molecule has 162 valence electrons. The van der Waals surface area contributed by atoms with Crippen molar-refractivity contribution in [2.24, 2.45) is 0 Å². The second-order valence-electron chi connectivity index (χ2n) is 6.33. The molecule has 0 aliphatic rings. The van der Waals surface area contributed by atoms with Crippen LogP contribution >= 0.6 is 23.2 Å². The van der Waals surface area contributed by atoms with Crippen LogP contribution in [0.4, 0.5) is 17.6 Å². The van der Waals surface area contributed by atoms with E-state index in [2.05, 4.69) is 19.9 Å². The Bertz CT molecular complexity index is 1380. The van der Waals surface area contributed by atoms with E-state index >= 15 is 0 Å². The Kier molecular flexibility index (Phi) is 6.73. The summed E-state index contributed by atoms with van der Waals surface area (Å²) in [6.07, 6.45) is 3.86. The van der Waals surface area contributed by atoms with Crippen LogP contribution in [0.25, 0.3) is 16.6 Å². The second kappa shape index (κ2) is 9.47. The van der Waals surface area contributed by atoms with Crippen LogP contribution in [-0.4, -0.2) is 24.5 Å². The first kappa shape index (κ1) is 22.7. The van der Waals surface area contributed by atoms with Gasteiger partial charge in [-0.3, -0.25) is 14.3 Å². The molecule has 0 fully saturated rings. The van der Waals surface area contributed by atoms with Gasteiger partial charge in [-0.05, 0) is 24.3 Å². The number of hydrogen-bond donors (Lipinski definition) is 3. The van der Waals surface area contributed by atoms with Gasteiger partial charge in [-0.2, -0.15) is 15.2 Å². The first-order valence-electron chi connectivity index (χ1n) is 9.17. The van der Waals surface area contributed by atoms with Crippen LogP contribution in [0.15, 0.2) is 41.5 Å². The van der Waals surface area contributed by atoms with E-state index in [1.807, 2.05) is 6.92 Å². The minimum atomic E-state index is -0.239. The molecular weight excluding hydrogens is 453 g/mol. The van der Waals surface area contributed by atoms with Gasteiger partial charge in [0.05, 0.1) is 32.8 Å². The van der Waals surface area contributed by atoms with E-state index in [1.165, 1.54) is 4.57 Å². The maximum atomic E-state index is 12.8. The van der Waals surface area contributed by atoms with Crippen molar-refractivity contribution in [3.63, 3.8) is 0 Å². The number of aromatic nitrogens is 5. The molecule has 4 aromatic rings. The number of fused-ring (bicyclic) bond motifs is 1. The van der Waals surface area contributed by atoms with Crippen molar-refractivity contribution in [2.75, 3.05) is 17.2 Å². The average molecular weight is 470 g/mol. The lowest BCUT2D eigenvalue weighted by molar-refractivity contribution is 0.830. The summed E-state index contributed by atoms with van der Waals surface area (Å²) in [5, 5.41) is 9.54. The number of benzene rings is 1. The molecule has 10 nitrogen and oxygen atoms in total. The average Bonchev–Trinajstić information content (AvgIpc) is 2.76. The number of halogens is 2. The van der Waals surface area contributed by atoms with Crippen LogP contribution in [0.3, 0.4) is 0 Å². The van der Waals surface area contributed by atoms with Crippen LogP contribution < -0.4 is 22.8 Å². The van der Waals surface area contributed by atoms with Crippen molar-refractivity contribution < 1.29 is 0 Å². The van der Waals surface area contributed by atoms with Crippen molar-refractivity contribution in [1.29, 1.82) is 5.26 Å². The van der Waals surface area contributed by atoms with E-state index in [-0.39, 0.29) is 28.7 Å². The van der Waals surface area contributed by atoms with E-state index in [0.29, 0.717) is 38.9 Å². The molecule has 3 heterocycles. The molecule has 4 rings (SSSR count). The van der Waals surface area contributed by atoms with Crippen molar-refractivity contribution in [3.05, 3.63) is 68.4 Å². The topological polar surface area (TPSA) is 175 Å². The van der Waals surface area contributed by atoms with Gasteiger partial charge in [-0.1, -0.05) is 30.1 Å². The highest BCUT2D eigenvalue weighted by molar-refractivity contribution is 6.39. The monoisotopic (exact) mass is 469 g/mol. The predicted molar refractivity (Wildman–Crippen MR) is 125 cm³/mol. The molecule has 0 atom stereocenters. The van der Waals surface area contributed by atoms with Crippen molar-refractivity contribution >= 4 is 51.7 Å². The molecule has 0 aliphatic carbocycles. The number of aryl methyl sites for hydroxylation is 1. The van der Waals surface area contributed by atoms with Crippen LogP contribution in [0.5, 0.6) is 0 Å². The summed E-state index contributed by atoms with van der Waals surface area (Å²) in [6.45, 7) is 1.93. The Labute approximate surface area is 192 Å². The number of nitrogens with two attached hydrogens (primary N) is 3. The van der Waals surface area contributed by atoms with Crippen molar-refractivity contribution in [1.82, 2.24) is 24.5 Å². The molecule has 0 radical (unpaired) electrons. The molecule has 6 N–H and O–H groups in total. The first-order valence-corrected chi connectivity index (χ1v) is 9.92. The van der Waals surface area contributed by atoms with Crippen LogP contribution in [0.1, 0.15) is 18.3 Å². The van der Waals surface area contributed by atoms with Gasteiger partial charge in [0, 0.05) is 12.6 Å². The van der Waals surface area contributed by atoms with Gasteiger partial charge in [0.2, 0.25) is 5.95 Å². The zero-order chi connectivity index (χ0) is 23.4. The van der Waals surface area contributed by atoms with Gasteiger partial charge >= 0.3 is 0 Å². The number of anilines is 3. The summed E-state index contributed by atoms with van der Waals surface area (Å²) in [6, 6.07) is 8.59. The summed E-state index contributed by atoms with van der Waals surface area (Å²) in [4.78, 5) is 28.5. The largest absolute Gasteiger partial charge is 0.382 e. The van der Waals surface area contributed by atoms with E-state index in [0.717, 1.165) is 0 Å². The molecular formula is C20H17Cl2N9O. The van der Waals surface area contributed by atoms with Gasteiger partial charge in [0.25, 0.3) is 5.56 Å². The number of pyridine rings is 1. The first-order chi connectivity index (χ1) is 15.3. The Hall–Kier alpha value is -3.94. The lowest BCUT2D eigenvalue weighted by atomic mass is 10.2. The number of rotatable bonds is 2. The van der Waals surface area contributed by atoms with E-state index in [4.69, 9.17) is 45.7 Å². The third-order valence-corrected chi connectivity index (χ3v) is 4.93. The van der Waals surface area contributed by atoms with Crippen molar-refractivity contribution in [2.45, 2.75) is 13.3 Å². The Morgan fingerprint density at radius 2 is 1.72 bits per heavy atom. The summed E-state index contributed by atoms with van der Waals surface area (Å²) in [5.41, 5.74) is 16.7.